The summed E-state index contributed by atoms with van der Waals surface area (Å²) >= 11 is 0. The summed E-state index contributed by atoms with van der Waals surface area (Å²) in [5.74, 6) is 1.46. The number of carbonyl (C=O) groups is 1. The lowest BCUT2D eigenvalue weighted by atomic mass is 9.82. The average molecular weight is 517 g/mol. The Kier molecular flexibility index (Phi) is 9.53. The van der Waals surface area contributed by atoms with Crippen LogP contribution in [0.1, 0.15) is 62.2 Å². The van der Waals surface area contributed by atoms with E-state index in [1.807, 2.05) is 0 Å². The third-order valence-corrected chi connectivity index (χ3v) is 6.59. The number of benzene rings is 1. The Morgan fingerprint density at radius 2 is 1.93 bits per heavy atom. The van der Waals surface area contributed by atoms with Gasteiger partial charge in [0.15, 0.2) is 11.5 Å². The lowest BCUT2D eigenvalue weighted by Gasteiger charge is -2.51. The number of esters is 1. The summed E-state index contributed by atoms with van der Waals surface area (Å²) in [4.78, 5) is 12.6. The maximum absolute atomic E-state index is 12.6. The average Bonchev–Trinajstić information content (AvgIpc) is 2.71. The Hall–Kier alpha value is -1.02. The molecule has 0 saturated carbocycles. The van der Waals surface area contributed by atoms with Gasteiger partial charge in [-0.2, -0.15) is 0 Å². The van der Waals surface area contributed by atoms with Gasteiger partial charge in [0.25, 0.3) is 0 Å². The SMILES string of the molecule is CCCCOc1ccc(C(=O)OC[C@@H]2CCC[N+]3(C)CCCCC23)cc1OC.[I-]. The molecule has 2 saturated heterocycles. The van der Waals surface area contributed by atoms with E-state index in [0.717, 1.165) is 12.8 Å². The zero-order valence-corrected chi connectivity index (χ0v) is 20.3. The maximum atomic E-state index is 12.6. The Morgan fingerprint density at radius 1 is 1.14 bits per heavy atom. The lowest BCUT2D eigenvalue weighted by molar-refractivity contribution is -0.947. The summed E-state index contributed by atoms with van der Waals surface area (Å²) in [5, 5.41) is 0. The standard InChI is InChI=1S/C23H36NO4.HI/c1-4-5-15-27-21-12-11-18(16-22(21)26-3)23(25)28-17-19-9-8-14-24(2)13-7-6-10-20(19)24;/h11-12,16,19-20H,4-10,13-15,17H2,1-3H3;1H/q+1;/p-1/t19-,20?,24?;/m0./s1. The molecule has 0 N–H and O–H groups in total. The van der Waals surface area contributed by atoms with Crippen molar-refractivity contribution in [2.24, 2.45) is 5.92 Å². The molecule has 5 nitrogen and oxygen atoms in total. The van der Waals surface area contributed by atoms with Crippen LogP contribution < -0.4 is 33.5 Å². The Bertz CT molecular complexity index is 664. The minimum absolute atomic E-state index is 0. The molecule has 0 aromatic heterocycles. The van der Waals surface area contributed by atoms with Crippen LogP contribution in [-0.2, 0) is 4.74 Å². The van der Waals surface area contributed by atoms with Crippen LogP contribution in [0.25, 0.3) is 0 Å². The zero-order chi connectivity index (χ0) is 20.0. The number of methoxy groups -OCH3 is 1. The number of hydrogen-bond donors (Lipinski definition) is 0. The highest BCUT2D eigenvalue weighted by molar-refractivity contribution is 5.90. The van der Waals surface area contributed by atoms with E-state index in [2.05, 4.69) is 14.0 Å². The van der Waals surface area contributed by atoms with Crippen molar-refractivity contribution in [2.75, 3.05) is 40.5 Å². The molecule has 29 heavy (non-hydrogen) atoms. The van der Waals surface area contributed by atoms with Gasteiger partial charge in [0.05, 0.1) is 45.5 Å². The predicted molar refractivity (Wildman–Crippen MR) is 110 cm³/mol. The quantitative estimate of drug-likeness (QED) is 0.227. The molecule has 6 heteroatoms. The van der Waals surface area contributed by atoms with Crippen molar-refractivity contribution in [1.82, 2.24) is 0 Å². The highest BCUT2D eigenvalue weighted by atomic mass is 127. The van der Waals surface area contributed by atoms with Crippen molar-refractivity contribution >= 4 is 5.97 Å². The number of unbranched alkanes of at least 4 members (excludes halogenated alkanes) is 1. The molecule has 2 aliphatic heterocycles. The van der Waals surface area contributed by atoms with Gasteiger partial charge in [-0.15, -0.1) is 0 Å². The van der Waals surface area contributed by atoms with Crippen molar-refractivity contribution in [3.63, 3.8) is 0 Å². The van der Waals surface area contributed by atoms with E-state index in [1.165, 1.54) is 49.7 Å². The summed E-state index contributed by atoms with van der Waals surface area (Å²) in [6.45, 7) is 5.84. The van der Waals surface area contributed by atoms with Crippen LogP contribution in [0.3, 0.4) is 0 Å². The van der Waals surface area contributed by atoms with E-state index in [9.17, 15) is 4.79 Å². The van der Waals surface area contributed by atoms with Crippen LogP contribution in [0.4, 0.5) is 0 Å². The van der Waals surface area contributed by atoms with Gasteiger partial charge in [0.1, 0.15) is 6.61 Å². The van der Waals surface area contributed by atoms with Crippen molar-refractivity contribution < 1.29 is 47.5 Å². The van der Waals surface area contributed by atoms with Crippen LogP contribution in [0, 0.1) is 5.92 Å². The van der Waals surface area contributed by atoms with Crippen molar-refractivity contribution in [3.8, 4) is 11.5 Å². The van der Waals surface area contributed by atoms with Gasteiger partial charge in [0, 0.05) is 12.3 Å². The molecule has 0 bridgehead atoms. The number of quaternary nitrogens is 1. The first kappa shape index (κ1) is 24.3. The summed E-state index contributed by atoms with van der Waals surface area (Å²) in [5.41, 5.74) is 0.524. The van der Waals surface area contributed by atoms with Gasteiger partial charge in [-0.1, -0.05) is 13.3 Å². The maximum Gasteiger partial charge on any atom is 0.338 e. The minimum Gasteiger partial charge on any atom is -1.00 e. The van der Waals surface area contributed by atoms with Crippen LogP contribution >= 0.6 is 0 Å². The number of piperidine rings is 2. The van der Waals surface area contributed by atoms with Gasteiger partial charge >= 0.3 is 5.97 Å². The van der Waals surface area contributed by atoms with Crippen molar-refractivity contribution in [3.05, 3.63) is 23.8 Å². The molecule has 0 amide bonds. The Balaban J connectivity index is 0.00000300. The molecule has 1 aromatic rings. The monoisotopic (exact) mass is 517 g/mol. The van der Waals surface area contributed by atoms with Gasteiger partial charge in [-0.25, -0.2) is 4.79 Å². The molecule has 2 aliphatic rings. The van der Waals surface area contributed by atoms with Crippen LogP contribution in [0.2, 0.25) is 0 Å². The molecule has 0 spiro atoms. The first-order valence-corrected chi connectivity index (χ1v) is 10.9. The third-order valence-electron chi connectivity index (χ3n) is 6.59. The molecule has 3 atom stereocenters. The fourth-order valence-corrected chi connectivity index (χ4v) is 4.93. The number of halogens is 1. The van der Waals surface area contributed by atoms with E-state index in [4.69, 9.17) is 14.2 Å². The normalized spacial score (nSPS) is 26.0. The smallest absolute Gasteiger partial charge is 0.338 e. The first-order chi connectivity index (χ1) is 13.6. The van der Waals surface area contributed by atoms with Gasteiger partial charge in [-0.05, 0) is 50.3 Å². The molecule has 2 unspecified atom stereocenters. The second kappa shape index (κ2) is 11.4. The van der Waals surface area contributed by atoms with Gasteiger partial charge in [0.2, 0.25) is 0 Å². The Morgan fingerprint density at radius 3 is 2.69 bits per heavy atom. The van der Waals surface area contributed by atoms with Crippen LogP contribution in [0.5, 0.6) is 11.5 Å². The molecule has 2 fully saturated rings. The largest absolute Gasteiger partial charge is 1.00 e. The topological polar surface area (TPSA) is 44.8 Å². The van der Waals surface area contributed by atoms with E-state index < -0.39 is 0 Å². The summed E-state index contributed by atoms with van der Waals surface area (Å²) < 4.78 is 18.1. The first-order valence-electron chi connectivity index (χ1n) is 10.9. The third kappa shape index (κ3) is 6.00. The number of carbonyl (C=O) groups excluding carboxylic acids is 1. The predicted octanol–water partition coefficient (Wildman–Crippen LogP) is 1.44. The second-order valence-electron chi connectivity index (χ2n) is 8.56. The van der Waals surface area contributed by atoms with Gasteiger partial charge < -0.3 is 42.7 Å². The lowest BCUT2D eigenvalue weighted by Crippen LogP contribution is -3.00. The summed E-state index contributed by atoms with van der Waals surface area (Å²) in [6.07, 6.45) is 8.35. The number of rotatable bonds is 8. The molecule has 164 valence electrons. The van der Waals surface area contributed by atoms with E-state index in [-0.39, 0.29) is 29.9 Å². The van der Waals surface area contributed by atoms with Crippen LogP contribution in [-0.4, -0.2) is 57.0 Å². The van der Waals surface area contributed by atoms with Crippen molar-refractivity contribution in [2.45, 2.75) is 57.9 Å². The fraction of sp³-hybridized carbons (Fsp3) is 0.696. The second-order valence-corrected chi connectivity index (χ2v) is 8.56. The minimum atomic E-state index is -0.269. The molecular formula is C23H36INO4. The number of ether oxygens (including phenoxy) is 3. The molecule has 3 rings (SSSR count). The molecule has 0 aliphatic carbocycles. The van der Waals surface area contributed by atoms with E-state index in [0.29, 0.717) is 42.2 Å². The zero-order valence-electron chi connectivity index (χ0n) is 18.1. The fourth-order valence-electron chi connectivity index (χ4n) is 4.93. The highest BCUT2D eigenvalue weighted by Crippen LogP contribution is 2.36. The van der Waals surface area contributed by atoms with E-state index >= 15 is 0 Å². The van der Waals surface area contributed by atoms with Crippen LogP contribution in [0.15, 0.2) is 18.2 Å². The summed E-state index contributed by atoms with van der Waals surface area (Å²) in [7, 11) is 3.99. The number of nitrogens with zero attached hydrogens (tertiary/aromatic N) is 1. The van der Waals surface area contributed by atoms with Gasteiger partial charge in [-0.3, -0.25) is 0 Å². The highest BCUT2D eigenvalue weighted by Gasteiger charge is 2.43. The molecule has 2 heterocycles. The number of hydrogen-bond acceptors (Lipinski definition) is 4. The molecule has 1 aromatic carbocycles. The molecule has 0 radical (unpaired) electrons. The summed E-state index contributed by atoms with van der Waals surface area (Å²) in [6, 6.07) is 5.94. The van der Waals surface area contributed by atoms with E-state index in [1.54, 1.807) is 25.3 Å². The molecular weight excluding hydrogens is 481 g/mol. The Labute approximate surface area is 192 Å². The number of fused-ring (bicyclic) bond motifs is 1. The van der Waals surface area contributed by atoms with Crippen molar-refractivity contribution in [1.29, 1.82) is 0 Å².